The monoisotopic (exact) mass is 495 g/mol. The van der Waals surface area contributed by atoms with Crippen LogP contribution in [0.15, 0.2) is 40.9 Å². The number of anilines is 3. The van der Waals surface area contributed by atoms with Gasteiger partial charge in [-0.1, -0.05) is 46.3 Å². The standard InChI is InChI=1S/C16H10Cl2F3N5O2S2/c17-8-5-11(18)13(22-6-8)24-12(27)7-29-15-26-25-14(30-15)23-9-1-3-10(4-2-9)28-16(19,20)21/h1-6H,7H2,(H,23,25)(H,22,24,27). The highest BCUT2D eigenvalue weighted by atomic mass is 35.5. The second-order valence-electron chi connectivity index (χ2n) is 5.39. The quantitative estimate of drug-likeness (QED) is 0.411. The fourth-order valence-corrected chi connectivity index (χ4v) is 3.98. The first-order valence-electron chi connectivity index (χ1n) is 7.88. The third-order valence-corrected chi connectivity index (χ3v) is 5.60. The molecule has 0 unspecified atom stereocenters. The van der Waals surface area contributed by atoms with E-state index >= 15 is 0 Å². The van der Waals surface area contributed by atoms with E-state index in [1.54, 1.807) is 0 Å². The van der Waals surface area contributed by atoms with Crippen molar-refractivity contribution in [3.05, 3.63) is 46.6 Å². The van der Waals surface area contributed by atoms with Gasteiger partial charge in [-0.25, -0.2) is 4.98 Å². The number of benzene rings is 1. The minimum Gasteiger partial charge on any atom is -0.406 e. The number of hydrogen-bond donors (Lipinski definition) is 2. The van der Waals surface area contributed by atoms with E-state index < -0.39 is 6.36 Å². The summed E-state index contributed by atoms with van der Waals surface area (Å²) >= 11 is 14.0. The molecule has 0 fully saturated rings. The maximum Gasteiger partial charge on any atom is 0.573 e. The van der Waals surface area contributed by atoms with Crippen LogP contribution >= 0.6 is 46.3 Å². The minimum absolute atomic E-state index is 0.0404. The molecule has 30 heavy (non-hydrogen) atoms. The molecule has 3 rings (SSSR count). The van der Waals surface area contributed by atoms with E-state index in [1.807, 2.05) is 0 Å². The first-order valence-corrected chi connectivity index (χ1v) is 10.4. The average molecular weight is 496 g/mol. The molecule has 158 valence electrons. The molecule has 3 aromatic rings. The van der Waals surface area contributed by atoms with E-state index in [2.05, 4.69) is 30.6 Å². The third-order valence-electron chi connectivity index (χ3n) is 3.14. The molecule has 0 aliphatic rings. The van der Waals surface area contributed by atoms with Crippen LogP contribution in [-0.4, -0.2) is 33.2 Å². The Kier molecular flexibility index (Phi) is 7.23. The van der Waals surface area contributed by atoms with Crippen molar-refractivity contribution in [1.29, 1.82) is 0 Å². The lowest BCUT2D eigenvalue weighted by Gasteiger charge is -2.09. The molecule has 0 saturated carbocycles. The Labute approximate surface area is 186 Å². The summed E-state index contributed by atoms with van der Waals surface area (Å²) in [4.78, 5) is 16.0. The Bertz CT molecular complexity index is 1030. The number of alkyl halides is 3. The zero-order chi connectivity index (χ0) is 21.7. The number of carbonyl (C=O) groups excluding carboxylic acids is 1. The van der Waals surface area contributed by atoms with Gasteiger partial charge in [-0.05, 0) is 30.3 Å². The number of nitrogens with one attached hydrogen (secondary N) is 2. The van der Waals surface area contributed by atoms with Gasteiger partial charge in [0, 0.05) is 11.9 Å². The summed E-state index contributed by atoms with van der Waals surface area (Å²) in [5, 5.41) is 14.3. The van der Waals surface area contributed by atoms with Crippen LogP contribution in [0.3, 0.4) is 0 Å². The summed E-state index contributed by atoms with van der Waals surface area (Å²) in [6.07, 6.45) is -3.39. The maximum atomic E-state index is 12.2. The molecule has 0 aliphatic heterocycles. The number of thioether (sulfide) groups is 1. The van der Waals surface area contributed by atoms with Gasteiger partial charge in [0.25, 0.3) is 0 Å². The number of halogens is 5. The van der Waals surface area contributed by atoms with Gasteiger partial charge < -0.3 is 15.4 Å². The molecular formula is C16H10Cl2F3N5O2S2. The normalized spacial score (nSPS) is 11.2. The summed E-state index contributed by atoms with van der Waals surface area (Å²) in [6.45, 7) is 0. The van der Waals surface area contributed by atoms with E-state index in [9.17, 15) is 18.0 Å². The van der Waals surface area contributed by atoms with Gasteiger partial charge in [0.05, 0.1) is 15.8 Å². The van der Waals surface area contributed by atoms with Gasteiger partial charge in [-0.15, -0.1) is 23.4 Å². The van der Waals surface area contributed by atoms with Gasteiger partial charge in [0.1, 0.15) is 5.75 Å². The predicted octanol–water partition coefficient (Wildman–Crippen LogP) is 5.61. The SMILES string of the molecule is O=C(CSc1nnc(Nc2ccc(OC(F)(F)F)cc2)s1)Nc1ncc(Cl)cc1Cl. The molecule has 2 heterocycles. The molecule has 14 heteroatoms. The number of ether oxygens (including phenoxy) is 1. The van der Waals surface area contributed by atoms with Crippen LogP contribution in [0.4, 0.5) is 29.8 Å². The number of nitrogens with zero attached hydrogens (tertiary/aromatic N) is 3. The zero-order valence-corrected chi connectivity index (χ0v) is 17.7. The molecule has 0 radical (unpaired) electrons. The lowest BCUT2D eigenvalue weighted by molar-refractivity contribution is -0.274. The fraction of sp³-hybridized carbons (Fsp3) is 0.125. The predicted molar refractivity (Wildman–Crippen MR) is 110 cm³/mol. The van der Waals surface area contributed by atoms with Crippen LogP contribution in [0.5, 0.6) is 5.75 Å². The van der Waals surface area contributed by atoms with E-state index in [0.717, 1.165) is 11.8 Å². The second-order valence-corrected chi connectivity index (χ2v) is 8.43. The van der Waals surface area contributed by atoms with Gasteiger partial charge in [0.15, 0.2) is 10.2 Å². The van der Waals surface area contributed by atoms with Crippen LogP contribution in [0.1, 0.15) is 0 Å². The highest BCUT2D eigenvalue weighted by Crippen LogP contribution is 2.30. The van der Waals surface area contributed by atoms with Crippen molar-refractivity contribution >= 4 is 68.8 Å². The highest BCUT2D eigenvalue weighted by molar-refractivity contribution is 8.01. The molecule has 0 spiro atoms. The molecule has 0 aliphatic carbocycles. The Hall–Kier alpha value is -2.28. The Balaban J connectivity index is 1.50. The fourth-order valence-electron chi connectivity index (χ4n) is 1.98. The van der Waals surface area contributed by atoms with E-state index in [4.69, 9.17) is 23.2 Å². The lowest BCUT2D eigenvalue weighted by Crippen LogP contribution is -2.16. The second kappa shape index (κ2) is 9.69. The molecule has 1 amide bonds. The van der Waals surface area contributed by atoms with Crippen molar-refractivity contribution in [3.8, 4) is 5.75 Å². The first kappa shape index (κ1) is 22.4. The third kappa shape index (κ3) is 6.90. The van der Waals surface area contributed by atoms with Crippen LogP contribution in [0, 0.1) is 0 Å². The van der Waals surface area contributed by atoms with Crippen LogP contribution < -0.4 is 15.4 Å². The number of pyridine rings is 1. The molecule has 0 atom stereocenters. The number of hydrogen-bond acceptors (Lipinski definition) is 8. The van der Waals surface area contributed by atoms with E-state index in [1.165, 1.54) is 47.9 Å². The minimum atomic E-state index is -4.75. The van der Waals surface area contributed by atoms with E-state index in [0.29, 0.717) is 20.2 Å². The molecule has 7 nitrogen and oxygen atoms in total. The number of rotatable bonds is 7. The largest absolute Gasteiger partial charge is 0.573 e. The Morgan fingerprint density at radius 3 is 2.60 bits per heavy atom. The van der Waals surface area contributed by atoms with Crippen LogP contribution in [0.25, 0.3) is 0 Å². The summed E-state index contributed by atoms with van der Waals surface area (Å²) < 4.78 is 40.9. The Morgan fingerprint density at radius 1 is 1.20 bits per heavy atom. The highest BCUT2D eigenvalue weighted by Gasteiger charge is 2.30. The molecule has 2 aromatic heterocycles. The van der Waals surface area contributed by atoms with Crippen LogP contribution in [-0.2, 0) is 4.79 Å². The Morgan fingerprint density at radius 2 is 1.93 bits per heavy atom. The van der Waals surface area contributed by atoms with Crippen LogP contribution in [0.2, 0.25) is 10.0 Å². The smallest absolute Gasteiger partial charge is 0.406 e. The molecule has 2 N–H and O–H groups in total. The van der Waals surface area contributed by atoms with Crippen molar-refractivity contribution in [2.75, 3.05) is 16.4 Å². The molecule has 0 saturated heterocycles. The average Bonchev–Trinajstić information content (AvgIpc) is 3.10. The molecular weight excluding hydrogens is 486 g/mol. The van der Waals surface area contributed by atoms with Gasteiger partial charge in [0.2, 0.25) is 11.0 Å². The zero-order valence-electron chi connectivity index (χ0n) is 14.5. The summed E-state index contributed by atoms with van der Waals surface area (Å²) in [7, 11) is 0. The molecule has 1 aromatic carbocycles. The summed E-state index contributed by atoms with van der Waals surface area (Å²) in [5.41, 5.74) is 0.499. The van der Waals surface area contributed by atoms with E-state index in [-0.39, 0.29) is 28.3 Å². The lowest BCUT2D eigenvalue weighted by atomic mass is 10.3. The summed E-state index contributed by atoms with van der Waals surface area (Å²) in [5.74, 6) is -0.438. The summed E-state index contributed by atoms with van der Waals surface area (Å²) in [6, 6.07) is 6.63. The molecule has 0 bridgehead atoms. The topological polar surface area (TPSA) is 89.0 Å². The number of amides is 1. The van der Waals surface area contributed by atoms with Gasteiger partial charge >= 0.3 is 6.36 Å². The maximum absolute atomic E-state index is 12.2. The van der Waals surface area contributed by atoms with Crippen molar-refractivity contribution in [3.63, 3.8) is 0 Å². The van der Waals surface area contributed by atoms with Gasteiger partial charge in [-0.3, -0.25) is 4.79 Å². The van der Waals surface area contributed by atoms with Crippen molar-refractivity contribution in [2.24, 2.45) is 0 Å². The van der Waals surface area contributed by atoms with Crippen molar-refractivity contribution < 1.29 is 22.7 Å². The number of carbonyl (C=O) groups is 1. The van der Waals surface area contributed by atoms with Gasteiger partial charge in [-0.2, -0.15) is 0 Å². The number of aromatic nitrogens is 3. The van der Waals surface area contributed by atoms with Crippen molar-refractivity contribution in [1.82, 2.24) is 15.2 Å². The van der Waals surface area contributed by atoms with Crippen molar-refractivity contribution in [2.45, 2.75) is 10.7 Å². The first-order chi connectivity index (χ1) is 14.2.